The van der Waals surface area contributed by atoms with Gasteiger partial charge < -0.3 is 10.1 Å². The number of para-hydroxylation sites is 1. The molecule has 8 heteroatoms. The van der Waals surface area contributed by atoms with Crippen LogP contribution in [0, 0.1) is 0 Å². The normalized spacial score (nSPS) is 15.9. The number of nitrogens with one attached hydrogen (secondary N) is 1. The van der Waals surface area contributed by atoms with Gasteiger partial charge in [0.2, 0.25) is 5.91 Å². The lowest BCUT2D eigenvalue weighted by atomic mass is 10.1. The van der Waals surface area contributed by atoms with Gasteiger partial charge in [0.05, 0.1) is 17.5 Å². The van der Waals surface area contributed by atoms with Crippen molar-refractivity contribution >= 4 is 46.4 Å². The fourth-order valence-corrected chi connectivity index (χ4v) is 4.37. The van der Waals surface area contributed by atoms with Crippen LogP contribution in [-0.2, 0) is 30.3 Å². The SMILES string of the molecule is CCOC(=O)CN1C(=O)C(NC(=O)[C@H](Cc2ccccc2)SC(C)=O)C=Cc2ccccc21. The minimum Gasteiger partial charge on any atom is -0.465 e. The summed E-state index contributed by atoms with van der Waals surface area (Å²) in [4.78, 5) is 51.8. The van der Waals surface area contributed by atoms with Crippen LogP contribution in [0.15, 0.2) is 60.7 Å². The average molecular weight is 467 g/mol. The van der Waals surface area contributed by atoms with Crippen LogP contribution >= 0.6 is 11.8 Å². The number of fused-ring (bicyclic) bond motifs is 1. The molecular weight excluding hydrogens is 440 g/mol. The Balaban J connectivity index is 1.83. The second kappa shape index (κ2) is 11.5. The largest absolute Gasteiger partial charge is 0.465 e. The molecule has 2 amide bonds. The number of carbonyl (C=O) groups is 4. The molecule has 1 heterocycles. The Bertz CT molecular complexity index is 1050. The van der Waals surface area contributed by atoms with Crippen LogP contribution in [0.3, 0.4) is 0 Å². The molecule has 2 aromatic rings. The summed E-state index contributed by atoms with van der Waals surface area (Å²) in [6.45, 7) is 3.03. The lowest BCUT2D eigenvalue weighted by Gasteiger charge is -2.26. The molecule has 3 rings (SSSR count). The molecule has 2 atom stereocenters. The molecule has 0 saturated heterocycles. The Morgan fingerprint density at radius 2 is 1.79 bits per heavy atom. The van der Waals surface area contributed by atoms with E-state index in [1.807, 2.05) is 42.5 Å². The molecule has 0 radical (unpaired) electrons. The number of hydrogen-bond acceptors (Lipinski definition) is 6. The van der Waals surface area contributed by atoms with Gasteiger partial charge in [0.25, 0.3) is 5.91 Å². The van der Waals surface area contributed by atoms with Crippen LogP contribution < -0.4 is 10.2 Å². The monoisotopic (exact) mass is 466 g/mol. The van der Waals surface area contributed by atoms with Crippen molar-refractivity contribution in [2.75, 3.05) is 18.1 Å². The minimum atomic E-state index is -0.995. The summed E-state index contributed by atoms with van der Waals surface area (Å²) >= 11 is 0.929. The van der Waals surface area contributed by atoms with Crippen molar-refractivity contribution in [1.82, 2.24) is 5.32 Å². The number of nitrogens with zero attached hydrogens (tertiary/aromatic N) is 1. The molecule has 0 spiro atoms. The molecule has 2 aromatic carbocycles. The van der Waals surface area contributed by atoms with Gasteiger partial charge in [-0.05, 0) is 30.5 Å². The van der Waals surface area contributed by atoms with Crippen LogP contribution in [0.2, 0.25) is 0 Å². The van der Waals surface area contributed by atoms with Crippen molar-refractivity contribution < 1.29 is 23.9 Å². The summed E-state index contributed by atoms with van der Waals surface area (Å²) in [7, 11) is 0. The van der Waals surface area contributed by atoms with Gasteiger partial charge in [0, 0.05) is 6.92 Å². The third-order valence-electron chi connectivity index (χ3n) is 4.98. The molecule has 0 bridgehead atoms. The van der Waals surface area contributed by atoms with Gasteiger partial charge in [-0.3, -0.25) is 24.1 Å². The smallest absolute Gasteiger partial charge is 0.326 e. The number of rotatable bonds is 8. The third kappa shape index (κ3) is 6.55. The molecular formula is C25H26N2O5S. The van der Waals surface area contributed by atoms with Gasteiger partial charge in [0.15, 0.2) is 5.12 Å². The van der Waals surface area contributed by atoms with E-state index in [-0.39, 0.29) is 18.3 Å². The van der Waals surface area contributed by atoms with Gasteiger partial charge in [0.1, 0.15) is 12.6 Å². The number of thioether (sulfide) groups is 1. The van der Waals surface area contributed by atoms with E-state index in [1.54, 1.807) is 31.2 Å². The van der Waals surface area contributed by atoms with Gasteiger partial charge >= 0.3 is 5.97 Å². The van der Waals surface area contributed by atoms with Crippen LogP contribution in [0.4, 0.5) is 5.69 Å². The molecule has 1 aliphatic heterocycles. The van der Waals surface area contributed by atoms with Crippen molar-refractivity contribution in [3.8, 4) is 0 Å². The summed E-state index contributed by atoms with van der Waals surface area (Å²) in [5.41, 5.74) is 2.21. The van der Waals surface area contributed by atoms with Gasteiger partial charge in [-0.1, -0.05) is 72.4 Å². The van der Waals surface area contributed by atoms with Crippen LogP contribution in [0.5, 0.6) is 0 Å². The number of benzene rings is 2. The molecule has 0 aromatic heterocycles. The highest BCUT2D eigenvalue weighted by molar-refractivity contribution is 8.14. The number of amides is 2. The second-order valence-corrected chi connectivity index (χ2v) is 8.80. The summed E-state index contributed by atoms with van der Waals surface area (Å²) < 4.78 is 5.03. The fraction of sp³-hybridized carbons (Fsp3) is 0.280. The quantitative estimate of drug-likeness (QED) is 0.602. The zero-order valence-electron chi connectivity index (χ0n) is 18.5. The van der Waals surface area contributed by atoms with E-state index >= 15 is 0 Å². The van der Waals surface area contributed by atoms with E-state index in [0.717, 1.165) is 22.9 Å². The maximum absolute atomic E-state index is 13.4. The van der Waals surface area contributed by atoms with Crippen molar-refractivity contribution in [2.24, 2.45) is 0 Å². The van der Waals surface area contributed by atoms with Gasteiger partial charge in [-0.2, -0.15) is 0 Å². The lowest BCUT2D eigenvalue weighted by molar-refractivity contribution is -0.142. The molecule has 1 aliphatic rings. The Labute approximate surface area is 197 Å². The summed E-state index contributed by atoms with van der Waals surface area (Å²) in [6, 6.07) is 15.5. The summed E-state index contributed by atoms with van der Waals surface area (Å²) in [5.74, 6) is -1.42. The molecule has 1 unspecified atom stereocenters. The zero-order chi connectivity index (χ0) is 23.8. The van der Waals surface area contributed by atoms with Crippen molar-refractivity contribution in [1.29, 1.82) is 0 Å². The number of ether oxygens (including phenoxy) is 1. The van der Waals surface area contributed by atoms with Crippen LogP contribution in [0.1, 0.15) is 25.0 Å². The van der Waals surface area contributed by atoms with E-state index < -0.39 is 29.1 Å². The third-order valence-corrected chi connectivity index (χ3v) is 5.98. The summed E-state index contributed by atoms with van der Waals surface area (Å²) in [6.07, 6.45) is 3.68. The standard InChI is InChI=1S/C25H26N2O5S/c1-3-32-23(29)16-27-21-12-8-7-11-19(21)13-14-20(25(27)31)26-24(30)22(33-17(2)28)15-18-9-5-4-6-10-18/h4-14,20,22H,3,15-16H2,1-2H3,(H,26,30)/t20?,22-/m0/s1. The Hall–Kier alpha value is -3.39. The second-order valence-electron chi connectivity index (χ2n) is 7.42. The first kappa shape index (κ1) is 24.3. The lowest BCUT2D eigenvalue weighted by Crippen LogP contribution is -2.51. The Kier molecular flexibility index (Phi) is 8.43. The van der Waals surface area contributed by atoms with E-state index in [0.29, 0.717) is 12.1 Å². The predicted octanol–water partition coefficient (Wildman–Crippen LogP) is 2.99. The highest BCUT2D eigenvalue weighted by atomic mass is 32.2. The maximum atomic E-state index is 13.4. The number of hydrogen-bond donors (Lipinski definition) is 1. The van der Waals surface area contributed by atoms with Crippen molar-refractivity contribution in [3.05, 3.63) is 71.8 Å². The van der Waals surface area contributed by atoms with Gasteiger partial charge in [-0.25, -0.2) is 0 Å². The zero-order valence-corrected chi connectivity index (χ0v) is 19.3. The Morgan fingerprint density at radius 3 is 2.48 bits per heavy atom. The molecule has 0 saturated carbocycles. The number of esters is 1. The fourth-order valence-electron chi connectivity index (χ4n) is 3.51. The highest BCUT2D eigenvalue weighted by Crippen LogP contribution is 2.26. The van der Waals surface area contributed by atoms with Gasteiger partial charge in [-0.15, -0.1) is 0 Å². The molecule has 1 N–H and O–H groups in total. The predicted molar refractivity (Wildman–Crippen MR) is 129 cm³/mol. The van der Waals surface area contributed by atoms with E-state index in [2.05, 4.69) is 5.32 Å². The van der Waals surface area contributed by atoms with E-state index in [9.17, 15) is 19.2 Å². The van der Waals surface area contributed by atoms with E-state index in [1.165, 1.54) is 11.8 Å². The topological polar surface area (TPSA) is 92.8 Å². The maximum Gasteiger partial charge on any atom is 0.326 e. The number of carbonyl (C=O) groups excluding carboxylic acids is 4. The van der Waals surface area contributed by atoms with Crippen LogP contribution in [-0.4, -0.2) is 47.3 Å². The molecule has 0 aliphatic carbocycles. The van der Waals surface area contributed by atoms with Crippen LogP contribution in [0.25, 0.3) is 6.08 Å². The first-order chi connectivity index (χ1) is 15.9. The first-order valence-electron chi connectivity index (χ1n) is 10.6. The highest BCUT2D eigenvalue weighted by Gasteiger charge is 2.32. The van der Waals surface area contributed by atoms with Crippen molar-refractivity contribution in [3.63, 3.8) is 0 Å². The average Bonchev–Trinajstić information content (AvgIpc) is 2.91. The molecule has 33 heavy (non-hydrogen) atoms. The summed E-state index contributed by atoms with van der Waals surface area (Å²) in [5, 5.41) is 1.87. The molecule has 0 fully saturated rings. The number of anilines is 1. The Morgan fingerprint density at radius 1 is 1.09 bits per heavy atom. The minimum absolute atomic E-state index is 0.190. The molecule has 172 valence electrons. The van der Waals surface area contributed by atoms with Crippen molar-refractivity contribution in [2.45, 2.75) is 31.6 Å². The van der Waals surface area contributed by atoms with E-state index in [4.69, 9.17) is 4.74 Å². The molecule has 7 nitrogen and oxygen atoms in total. The first-order valence-corrected chi connectivity index (χ1v) is 11.5.